The maximum atomic E-state index is 12.6. The first-order valence-corrected chi connectivity index (χ1v) is 15.4. The van der Waals surface area contributed by atoms with Crippen molar-refractivity contribution >= 4 is 20.3 Å². The number of aliphatic hydroxyl groups is 1. The summed E-state index contributed by atoms with van der Waals surface area (Å²) in [7, 11) is -2.05. The maximum Gasteiger partial charge on any atom is 0.348 e. The fourth-order valence-electron chi connectivity index (χ4n) is 3.12. The fourth-order valence-corrected chi connectivity index (χ4v) is 4.56. The van der Waals surface area contributed by atoms with Gasteiger partial charge in [-0.2, -0.15) is 0 Å². The molecule has 0 unspecified atom stereocenters. The van der Waals surface area contributed by atoms with E-state index in [1.165, 1.54) is 6.08 Å². The molecule has 0 aliphatic carbocycles. The maximum absolute atomic E-state index is 12.6. The largest absolute Gasteiger partial charge is 0.459 e. The number of ether oxygens (including phenoxy) is 2. The molecule has 0 spiro atoms. The summed E-state index contributed by atoms with van der Waals surface area (Å²) in [5, 5.41) is 11.0. The molecule has 0 aliphatic rings. The van der Waals surface area contributed by atoms with Gasteiger partial charge >= 0.3 is 11.9 Å². The van der Waals surface area contributed by atoms with E-state index in [4.69, 9.17) is 20.3 Å². The van der Waals surface area contributed by atoms with Crippen LogP contribution in [0.15, 0.2) is 24.3 Å². The molecule has 1 N–H and O–H groups in total. The van der Waals surface area contributed by atoms with Gasteiger partial charge in [0.25, 0.3) is 0 Å². The van der Waals surface area contributed by atoms with Crippen molar-refractivity contribution in [3.8, 4) is 12.3 Å². The highest BCUT2D eigenvalue weighted by Gasteiger charge is 2.40. The molecule has 0 aromatic carbocycles. The average Bonchev–Trinajstić information content (AvgIpc) is 2.76. The van der Waals surface area contributed by atoms with E-state index >= 15 is 0 Å². The zero-order valence-electron chi connectivity index (χ0n) is 23.3. The lowest BCUT2D eigenvalue weighted by Gasteiger charge is -2.41. The second-order valence-corrected chi connectivity index (χ2v) is 15.8. The second-order valence-electron chi connectivity index (χ2n) is 11.1. The topological polar surface area (TPSA) is 82.1 Å². The Kier molecular flexibility index (Phi) is 14.5. The zero-order valence-corrected chi connectivity index (χ0v) is 24.3. The first-order valence-electron chi connectivity index (χ1n) is 12.5. The SMILES string of the molecule is C#CCCC[C@@H](O[Si](C)(C)C(C)(C)C)[C@@H](C)[C@@H](O)C/C=C(\C)C(=O)O[C@@H](C(=O)OCC=C)C(C)C. The van der Waals surface area contributed by atoms with Gasteiger partial charge in [0.05, 0.1) is 12.2 Å². The highest BCUT2D eigenvalue weighted by Crippen LogP contribution is 2.39. The third kappa shape index (κ3) is 11.6. The molecule has 0 aromatic rings. The van der Waals surface area contributed by atoms with Crippen LogP contribution in [0, 0.1) is 24.2 Å². The monoisotopic (exact) mass is 508 g/mol. The van der Waals surface area contributed by atoms with E-state index in [1.54, 1.807) is 26.8 Å². The van der Waals surface area contributed by atoms with E-state index in [9.17, 15) is 14.7 Å². The molecule has 0 saturated heterocycles. The van der Waals surface area contributed by atoms with E-state index in [0.717, 1.165) is 12.8 Å². The molecule has 0 aromatic heterocycles. The van der Waals surface area contributed by atoms with Crippen molar-refractivity contribution in [2.75, 3.05) is 6.61 Å². The predicted octanol–water partition coefficient (Wildman–Crippen LogP) is 5.81. The molecule has 0 saturated carbocycles. The van der Waals surface area contributed by atoms with Crippen LogP contribution in [-0.4, -0.2) is 50.3 Å². The minimum absolute atomic E-state index is 0.0437. The number of hydrogen-bond donors (Lipinski definition) is 1. The van der Waals surface area contributed by atoms with Gasteiger partial charge in [0.15, 0.2) is 8.32 Å². The van der Waals surface area contributed by atoms with Crippen molar-refractivity contribution in [2.45, 2.75) is 111 Å². The Balaban J connectivity index is 5.34. The van der Waals surface area contributed by atoms with Crippen LogP contribution in [0.1, 0.15) is 74.1 Å². The number of terminal acetylenes is 1. The third-order valence-electron chi connectivity index (χ3n) is 6.66. The van der Waals surface area contributed by atoms with Crippen LogP contribution in [0.5, 0.6) is 0 Å². The Morgan fingerprint density at radius 2 is 1.80 bits per heavy atom. The molecule has 4 atom stereocenters. The molecular weight excluding hydrogens is 460 g/mol. The molecular formula is C28H48O6Si. The van der Waals surface area contributed by atoms with Gasteiger partial charge in [0.2, 0.25) is 6.10 Å². The van der Waals surface area contributed by atoms with Crippen molar-refractivity contribution in [2.24, 2.45) is 11.8 Å². The van der Waals surface area contributed by atoms with Gasteiger partial charge in [-0.25, -0.2) is 9.59 Å². The minimum Gasteiger partial charge on any atom is -0.459 e. The summed E-state index contributed by atoms with van der Waals surface area (Å²) >= 11 is 0. The van der Waals surface area contributed by atoms with Crippen LogP contribution in [-0.2, 0) is 23.5 Å². The Labute approximate surface area is 214 Å². The van der Waals surface area contributed by atoms with Crippen LogP contribution < -0.4 is 0 Å². The Hall–Kier alpha value is -1.88. The molecule has 0 heterocycles. The average molecular weight is 509 g/mol. The number of carbonyl (C=O) groups is 2. The standard InChI is InChI=1S/C28H48O6Si/c1-12-14-15-16-24(34-35(10,11)28(7,8)9)22(6)23(29)18-17-21(5)26(30)33-25(20(3)4)27(31)32-19-13-2/h1,13,17,20,22-25,29H,2,14-16,18-19H2,3-11H3/b21-17+/t22-,23-,24+,25+/m0/s1. The number of rotatable bonds is 15. The molecule has 0 aliphatic heterocycles. The number of carbonyl (C=O) groups excluding carboxylic acids is 2. The summed E-state index contributed by atoms with van der Waals surface area (Å²) in [6.07, 6.45) is 9.22. The summed E-state index contributed by atoms with van der Waals surface area (Å²) < 4.78 is 17.1. The van der Waals surface area contributed by atoms with Crippen LogP contribution in [0.3, 0.4) is 0 Å². The van der Waals surface area contributed by atoms with E-state index in [2.05, 4.69) is 46.4 Å². The summed E-state index contributed by atoms with van der Waals surface area (Å²) in [5.74, 6) is 1.06. The molecule has 0 rings (SSSR count). The van der Waals surface area contributed by atoms with Gasteiger partial charge in [0, 0.05) is 23.8 Å². The normalized spacial score (nSPS) is 16.1. The molecule has 7 heteroatoms. The first-order chi connectivity index (χ1) is 16.1. The van der Waals surface area contributed by atoms with Gasteiger partial charge in [-0.15, -0.1) is 12.3 Å². The summed E-state index contributed by atoms with van der Waals surface area (Å²) in [4.78, 5) is 24.8. The highest BCUT2D eigenvalue weighted by molar-refractivity contribution is 6.74. The lowest BCUT2D eigenvalue weighted by Crippen LogP contribution is -2.47. The van der Waals surface area contributed by atoms with E-state index in [-0.39, 0.29) is 36.0 Å². The number of unbranched alkanes of at least 4 members (excludes halogenated alkanes) is 1. The summed E-state index contributed by atoms with van der Waals surface area (Å²) in [5.41, 5.74) is 0.326. The highest BCUT2D eigenvalue weighted by atomic mass is 28.4. The van der Waals surface area contributed by atoms with Crippen molar-refractivity contribution in [1.29, 1.82) is 0 Å². The fraction of sp³-hybridized carbons (Fsp3) is 0.714. The van der Waals surface area contributed by atoms with Crippen LogP contribution in [0.4, 0.5) is 0 Å². The number of aliphatic hydroxyl groups excluding tert-OH is 1. The lowest BCUT2D eigenvalue weighted by molar-refractivity contribution is -0.167. The first kappa shape index (κ1) is 33.1. The summed E-state index contributed by atoms with van der Waals surface area (Å²) in [6, 6.07) is 0. The van der Waals surface area contributed by atoms with Gasteiger partial charge in [-0.3, -0.25) is 0 Å². The Morgan fingerprint density at radius 1 is 1.20 bits per heavy atom. The molecule has 200 valence electrons. The lowest BCUT2D eigenvalue weighted by atomic mass is 9.92. The van der Waals surface area contributed by atoms with E-state index in [1.807, 2.05) is 6.92 Å². The van der Waals surface area contributed by atoms with Crippen LogP contribution in [0.25, 0.3) is 0 Å². The molecule has 0 bridgehead atoms. The van der Waals surface area contributed by atoms with Crippen LogP contribution >= 0.6 is 0 Å². The van der Waals surface area contributed by atoms with Gasteiger partial charge in [-0.1, -0.05) is 60.3 Å². The molecule has 35 heavy (non-hydrogen) atoms. The third-order valence-corrected chi connectivity index (χ3v) is 11.2. The van der Waals surface area contributed by atoms with Gasteiger partial charge in [0.1, 0.15) is 6.61 Å². The second kappa shape index (κ2) is 15.3. The summed E-state index contributed by atoms with van der Waals surface area (Å²) in [6.45, 7) is 21.7. The number of hydrogen-bond acceptors (Lipinski definition) is 6. The van der Waals surface area contributed by atoms with Crippen LogP contribution in [0.2, 0.25) is 18.1 Å². The number of esters is 2. The predicted molar refractivity (Wildman–Crippen MR) is 144 cm³/mol. The molecule has 6 nitrogen and oxygen atoms in total. The quantitative estimate of drug-likeness (QED) is 0.0750. The van der Waals surface area contributed by atoms with Gasteiger partial charge in [-0.05, 0) is 44.3 Å². The van der Waals surface area contributed by atoms with Crippen molar-refractivity contribution in [1.82, 2.24) is 0 Å². The minimum atomic E-state index is -2.05. The van der Waals surface area contributed by atoms with E-state index in [0.29, 0.717) is 12.0 Å². The zero-order chi connectivity index (χ0) is 27.4. The van der Waals surface area contributed by atoms with Gasteiger partial charge < -0.3 is 19.0 Å². The Morgan fingerprint density at radius 3 is 2.29 bits per heavy atom. The van der Waals surface area contributed by atoms with Crippen molar-refractivity contribution < 1.29 is 28.6 Å². The smallest absolute Gasteiger partial charge is 0.348 e. The molecule has 0 radical (unpaired) electrons. The van der Waals surface area contributed by atoms with Crippen molar-refractivity contribution in [3.63, 3.8) is 0 Å². The van der Waals surface area contributed by atoms with Crippen molar-refractivity contribution in [3.05, 3.63) is 24.3 Å². The molecule has 0 fully saturated rings. The van der Waals surface area contributed by atoms with E-state index < -0.39 is 32.5 Å². The molecule has 0 amide bonds. The Bertz CT molecular complexity index is 756.